The minimum Gasteiger partial charge on any atom is -0.469 e. The number of aromatic nitrogens is 2. The molecule has 1 aromatic heterocycles. The summed E-state index contributed by atoms with van der Waals surface area (Å²) < 4.78 is 31.6. The third-order valence-corrected chi connectivity index (χ3v) is 4.85. The van der Waals surface area contributed by atoms with E-state index in [0.29, 0.717) is 5.69 Å². The van der Waals surface area contributed by atoms with Crippen LogP contribution >= 0.6 is 0 Å². The second-order valence-corrected chi connectivity index (χ2v) is 6.06. The van der Waals surface area contributed by atoms with Crippen LogP contribution < -0.4 is 5.73 Å². The molecule has 0 saturated heterocycles. The smallest absolute Gasteiger partial charge is 0.306 e. The molecule has 0 amide bonds. The molecule has 0 atom stereocenters. The molecule has 1 aromatic rings. The van der Waals surface area contributed by atoms with Gasteiger partial charge in [0.2, 0.25) is 10.0 Å². The third-order valence-electron chi connectivity index (χ3n) is 2.83. The molecule has 9 heteroatoms. The Morgan fingerprint density at radius 3 is 2.53 bits per heavy atom. The molecule has 0 fully saturated rings. The molecule has 0 bridgehead atoms. The Morgan fingerprint density at radius 2 is 2.11 bits per heavy atom. The van der Waals surface area contributed by atoms with Crippen molar-refractivity contribution < 1.29 is 17.9 Å². The van der Waals surface area contributed by atoms with Crippen molar-refractivity contribution in [1.82, 2.24) is 14.1 Å². The molecule has 0 spiro atoms. The van der Waals surface area contributed by atoms with Gasteiger partial charge in [-0.05, 0) is 6.92 Å². The van der Waals surface area contributed by atoms with Crippen LogP contribution in [0.4, 0.5) is 5.82 Å². The normalized spacial score (nSPS) is 11.8. The van der Waals surface area contributed by atoms with Crippen molar-refractivity contribution in [3.8, 4) is 0 Å². The second-order valence-electron chi connectivity index (χ2n) is 4.08. The van der Waals surface area contributed by atoms with Crippen LogP contribution in [0.1, 0.15) is 12.1 Å². The molecule has 1 rings (SSSR count). The van der Waals surface area contributed by atoms with Crippen molar-refractivity contribution in [3.63, 3.8) is 0 Å². The first kappa shape index (κ1) is 15.4. The SMILES string of the molecule is COC(=O)CCN(C)S(=O)(=O)c1c(N)nn(C)c1C. The van der Waals surface area contributed by atoms with Gasteiger partial charge in [0.1, 0.15) is 4.90 Å². The molecule has 0 unspecified atom stereocenters. The Balaban J connectivity index is 3.00. The Labute approximate surface area is 112 Å². The minimum absolute atomic E-state index is 0.0166. The Bertz CT molecular complexity index is 579. The van der Waals surface area contributed by atoms with E-state index >= 15 is 0 Å². The molecule has 0 aliphatic carbocycles. The number of carbonyl (C=O) groups excluding carboxylic acids is 1. The van der Waals surface area contributed by atoms with Crippen LogP contribution in [-0.4, -0.2) is 49.2 Å². The standard InChI is InChI=1S/C10H18N4O4S/c1-7-9(10(11)12-14(7)3)19(16,17)13(2)6-5-8(15)18-4/h5-6H2,1-4H3,(H2,11,12). The zero-order valence-electron chi connectivity index (χ0n) is 11.4. The number of nitrogens with zero attached hydrogens (tertiary/aromatic N) is 3. The topological polar surface area (TPSA) is 108 Å². The van der Waals surface area contributed by atoms with Gasteiger partial charge >= 0.3 is 5.97 Å². The number of rotatable bonds is 5. The van der Waals surface area contributed by atoms with E-state index in [1.807, 2.05) is 0 Å². The van der Waals surface area contributed by atoms with Gasteiger partial charge in [-0.3, -0.25) is 9.48 Å². The van der Waals surface area contributed by atoms with Crippen molar-refractivity contribution in [2.75, 3.05) is 26.4 Å². The molecule has 0 aliphatic heterocycles. The van der Waals surface area contributed by atoms with Gasteiger partial charge in [0.15, 0.2) is 5.82 Å². The summed E-state index contributed by atoms with van der Waals surface area (Å²) >= 11 is 0. The maximum absolute atomic E-state index is 12.3. The monoisotopic (exact) mass is 290 g/mol. The van der Waals surface area contributed by atoms with E-state index < -0.39 is 16.0 Å². The molecule has 0 aliphatic rings. The number of esters is 1. The van der Waals surface area contributed by atoms with E-state index in [2.05, 4.69) is 9.84 Å². The molecule has 108 valence electrons. The van der Waals surface area contributed by atoms with Gasteiger partial charge in [0, 0.05) is 20.6 Å². The van der Waals surface area contributed by atoms with Crippen LogP contribution in [-0.2, 0) is 26.6 Å². The van der Waals surface area contributed by atoms with Gasteiger partial charge in [0.05, 0.1) is 19.2 Å². The van der Waals surface area contributed by atoms with Gasteiger partial charge in [-0.25, -0.2) is 12.7 Å². The fourth-order valence-electron chi connectivity index (χ4n) is 1.56. The lowest BCUT2D eigenvalue weighted by atomic mass is 10.4. The summed E-state index contributed by atoms with van der Waals surface area (Å²) in [6, 6.07) is 0. The number of anilines is 1. The summed E-state index contributed by atoms with van der Waals surface area (Å²) in [7, 11) is 0.473. The van der Waals surface area contributed by atoms with Gasteiger partial charge in [-0.15, -0.1) is 0 Å². The van der Waals surface area contributed by atoms with Crippen LogP contribution in [0, 0.1) is 6.92 Å². The second kappa shape index (κ2) is 5.57. The summed E-state index contributed by atoms with van der Waals surface area (Å²) in [6.07, 6.45) is -0.0224. The highest BCUT2D eigenvalue weighted by Gasteiger charge is 2.28. The van der Waals surface area contributed by atoms with Crippen LogP contribution in [0.25, 0.3) is 0 Å². The van der Waals surface area contributed by atoms with E-state index in [1.54, 1.807) is 14.0 Å². The number of sulfonamides is 1. The van der Waals surface area contributed by atoms with Gasteiger partial charge in [0.25, 0.3) is 0 Å². The zero-order valence-corrected chi connectivity index (χ0v) is 12.2. The van der Waals surface area contributed by atoms with E-state index in [9.17, 15) is 13.2 Å². The molecule has 0 aromatic carbocycles. The minimum atomic E-state index is -3.77. The van der Waals surface area contributed by atoms with E-state index in [4.69, 9.17) is 5.73 Å². The van der Waals surface area contributed by atoms with Crippen molar-refractivity contribution in [2.24, 2.45) is 7.05 Å². The highest BCUT2D eigenvalue weighted by Crippen LogP contribution is 2.24. The van der Waals surface area contributed by atoms with Crippen molar-refractivity contribution in [1.29, 1.82) is 0 Å². The largest absolute Gasteiger partial charge is 0.469 e. The fourth-order valence-corrected chi connectivity index (χ4v) is 3.01. The number of nitrogen functional groups attached to an aromatic ring is 1. The first-order chi connectivity index (χ1) is 8.71. The molecular weight excluding hydrogens is 272 g/mol. The Morgan fingerprint density at radius 1 is 1.53 bits per heavy atom. The lowest BCUT2D eigenvalue weighted by molar-refractivity contribution is -0.140. The quantitative estimate of drug-likeness (QED) is 0.732. The van der Waals surface area contributed by atoms with Crippen molar-refractivity contribution in [3.05, 3.63) is 5.69 Å². The highest BCUT2D eigenvalue weighted by molar-refractivity contribution is 7.89. The summed E-state index contributed by atoms with van der Waals surface area (Å²) in [5.41, 5.74) is 6.07. The molecule has 2 N–H and O–H groups in total. The molecular formula is C10H18N4O4S. The van der Waals surface area contributed by atoms with Gasteiger partial charge < -0.3 is 10.5 Å². The summed E-state index contributed by atoms with van der Waals surface area (Å²) in [6.45, 7) is 1.63. The summed E-state index contributed by atoms with van der Waals surface area (Å²) in [5, 5.41) is 3.87. The van der Waals surface area contributed by atoms with E-state index in [0.717, 1.165) is 4.31 Å². The van der Waals surface area contributed by atoms with E-state index in [-0.39, 0.29) is 23.7 Å². The molecule has 0 saturated carbocycles. The number of nitrogens with two attached hydrogens (primary N) is 1. The van der Waals surface area contributed by atoms with Crippen LogP contribution in [0.3, 0.4) is 0 Å². The van der Waals surface area contributed by atoms with Crippen LogP contribution in [0.15, 0.2) is 4.90 Å². The molecule has 8 nitrogen and oxygen atoms in total. The number of methoxy groups -OCH3 is 1. The van der Waals surface area contributed by atoms with Gasteiger partial charge in [-0.2, -0.15) is 5.10 Å². The van der Waals surface area contributed by atoms with E-state index in [1.165, 1.54) is 18.8 Å². The summed E-state index contributed by atoms with van der Waals surface area (Å²) in [5.74, 6) is -0.525. The van der Waals surface area contributed by atoms with Crippen LogP contribution in [0.2, 0.25) is 0 Å². The average Bonchev–Trinajstić information content (AvgIpc) is 2.59. The van der Waals surface area contributed by atoms with Crippen molar-refractivity contribution in [2.45, 2.75) is 18.2 Å². The van der Waals surface area contributed by atoms with Crippen molar-refractivity contribution >= 4 is 21.8 Å². The zero-order chi connectivity index (χ0) is 14.8. The Hall–Kier alpha value is -1.61. The lowest BCUT2D eigenvalue weighted by Crippen LogP contribution is -2.30. The number of aryl methyl sites for hydroxylation is 1. The predicted octanol–water partition coefficient (Wildman–Crippen LogP) is -0.506. The number of carbonyl (C=O) groups is 1. The first-order valence-electron chi connectivity index (χ1n) is 5.54. The maximum Gasteiger partial charge on any atom is 0.306 e. The molecule has 0 radical (unpaired) electrons. The lowest BCUT2D eigenvalue weighted by Gasteiger charge is -2.16. The van der Waals surface area contributed by atoms with Crippen LogP contribution in [0.5, 0.6) is 0 Å². The third kappa shape index (κ3) is 3.04. The average molecular weight is 290 g/mol. The highest BCUT2D eigenvalue weighted by atomic mass is 32.2. The fraction of sp³-hybridized carbons (Fsp3) is 0.600. The predicted molar refractivity (Wildman–Crippen MR) is 68.8 cm³/mol. The molecule has 1 heterocycles. The number of ether oxygens (including phenoxy) is 1. The summed E-state index contributed by atoms with van der Waals surface area (Å²) in [4.78, 5) is 11.0. The number of hydrogen-bond donors (Lipinski definition) is 1. The maximum atomic E-state index is 12.3. The molecule has 19 heavy (non-hydrogen) atoms. The Kier molecular flexibility index (Phi) is 4.53. The number of hydrogen-bond acceptors (Lipinski definition) is 6. The van der Waals surface area contributed by atoms with Gasteiger partial charge in [-0.1, -0.05) is 0 Å². The first-order valence-corrected chi connectivity index (χ1v) is 6.98.